The monoisotopic (exact) mass is 351 g/mol. The number of hydrogen-bond acceptors (Lipinski definition) is 6. The minimum Gasteiger partial charge on any atom is -0.462 e. The van der Waals surface area contributed by atoms with Gasteiger partial charge < -0.3 is 9.47 Å². The zero-order valence-electron chi connectivity index (χ0n) is 13.8. The van der Waals surface area contributed by atoms with E-state index in [1.807, 2.05) is 0 Å². The Kier molecular flexibility index (Phi) is 5.23. The van der Waals surface area contributed by atoms with E-state index in [1.165, 1.54) is 0 Å². The summed E-state index contributed by atoms with van der Waals surface area (Å²) in [4.78, 5) is 31.9. The van der Waals surface area contributed by atoms with Gasteiger partial charge in [0.05, 0.1) is 12.2 Å². The van der Waals surface area contributed by atoms with Crippen molar-refractivity contribution in [2.24, 2.45) is 0 Å². The first kappa shape index (κ1) is 17.9. The molecule has 0 aliphatic carbocycles. The number of nitrogens with zero attached hydrogens (tertiary/aromatic N) is 2. The van der Waals surface area contributed by atoms with E-state index < -0.39 is 17.7 Å². The molecule has 0 radical (unpaired) electrons. The Morgan fingerprint density at radius 1 is 1.25 bits per heavy atom. The van der Waals surface area contributed by atoms with Gasteiger partial charge in [-0.3, -0.25) is 5.32 Å². The molecule has 0 unspecified atom stereocenters. The van der Waals surface area contributed by atoms with Gasteiger partial charge in [-0.1, -0.05) is 11.6 Å². The normalized spacial score (nSPS) is 11.2. The third-order valence-corrected chi connectivity index (χ3v) is 3.04. The van der Waals surface area contributed by atoms with E-state index in [4.69, 9.17) is 21.1 Å². The van der Waals surface area contributed by atoms with Gasteiger partial charge in [0, 0.05) is 5.39 Å². The Morgan fingerprint density at radius 2 is 1.96 bits per heavy atom. The minimum absolute atomic E-state index is 0.0112. The highest BCUT2D eigenvalue weighted by Gasteiger charge is 2.18. The van der Waals surface area contributed by atoms with Crippen LogP contribution in [-0.4, -0.2) is 34.2 Å². The van der Waals surface area contributed by atoms with Crippen LogP contribution in [0.25, 0.3) is 11.0 Å². The van der Waals surface area contributed by atoms with E-state index >= 15 is 0 Å². The number of carbonyl (C=O) groups excluding carboxylic acids is 2. The second kappa shape index (κ2) is 7.00. The maximum absolute atomic E-state index is 11.8. The molecule has 1 N–H and O–H groups in total. The predicted molar refractivity (Wildman–Crippen MR) is 90.4 cm³/mol. The summed E-state index contributed by atoms with van der Waals surface area (Å²) in [7, 11) is 0. The first-order valence-electron chi connectivity index (χ1n) is 7.34. The number of rotatable bonds is 3. The molecule has 0 aliphatic heterocycles. The van der Waals surface area contributed by atoms with Crippen molar-refractivity contribution < 1.29 is 19.1 Å². The fourth-order valence-electron chi connectivity index (χ4n) is 1.86. The van der Waals surface area contributed by atoms with E-state index in [9.17, 15) is 9.59 Å². The molecule has 0 spiro atoms. The lowest BCUT2D eigenvalue weighted by atomic mass is 10.2. The van der Waals surface area contributed by atoms with Gasteiger partial charge in [0.1, 0.15) is 16.6 Å². The summed E-state index contributed by atoms with van der Waals surface area (Å²) in [5, 5.41) is 3.10. The van der Waals surface area contributed by atoms with Gasteiger partial charge in [-0.15, -0.1) is 0 Å². The van der Waals surface area contributed by atoms with Gasteiger partial charge in [-0.25, -0.2) is 19.6 Å². The highest BCUT2D eigenvalue weighted by molar-refractivity contribution is 6.32. The van der Waals surface area contributed by atoms with E-state index in [0.29, 0.717) is 11.0 Å². The highest BCUT2D eigenvalue weighted by atomic mass is 35.5. The third kappa shape index (κ3) is 4.55. The molecular formula is C16H18ClN3O4. The second-order valence-electron chi connectivity index (χ2n) is 5.92. The summed E-state index contributed by atoms with van der Waals surface area (Å²) < 4.78 is 10.1. The molecule has 0 aliphatic rings. The highest BCUT2D eigenvalue weighted by Crippen LogP contribution is 2.22. The molecule has 128 valence electrons. The van der Waals surface area contributed by atoms with Crippen LogP contribution in [0.5, 0.6) is 0 Å². The molecule has 8 heteroatoms. The lowest BCUT2D eigenvalue weighted by Gasteiger charge is -2.19. The van der Waals surface area contributed by atoms with Crippen LogP contribution in [-0.2, 0) is 9.47 Å². The second-order valence-corrected chi connectivity index (χ2v) is 6.28. The predicted octanol–water partition coefficient (Wildman–Crippen LogP) is 3.81. The molecule has 2 aromatic heterocycles. The van der Waals surface area contributed by atoms with Crippen LogP contribution in [0.2, 0.25) is 5.15 Å². The topological polar surface area (TPSA) is 90.4 Å². The Labute approximate surface area is 144 Å². The van der Waals surface area contributed by atoms with Gasteiger partial charge in [-0.2, -0.15) is 0 Å². The quantitative estimate of drug-likeness (QED) is 0.668. The van der Waals surface area contributed by atoms with Crippen LogP contribution >= 0.6 is 11.6 Å². The SMILES string of the molecule is CCOC(=O)c1cc2ccc(NC(=O)OC(C)(C)C)nc2nc1Cl. The maximum Gasteiger partial charge on any atom is 0.413 e. The van der Waals surface area contributed by atoms with Crippen molar-refractivity contribution in [2.45, 2.75) is 33.3 Å². The molecule has 1 amide bonds. The Morgan fingerprint density at radius 3 is 2.58 bits per heavy atom. The summed E-state index contributed by atoms with van der Waals surface area (Å²) >= 11 is 6.02. The summed E-state index contributed by atoms with van der Waals surface area (Å²) in [5.41, 5.74) is -0.154. The lowest BCUT2D eigenvalue weighted by molar-refractivity contribution is 0.0525. The number of fused-ring (bicyclic) bond motifs is 1. The van der Waals surface area contributed by atoms with Gasteiger partial charge in [0.15, 0.2) is 5.65 Å². The first-order valence-corrected chi connectivity index (χ1v) is 7.72. The molecule has 0 saturated carbocycles. The zero-order valence-corrected chi connectivity index (χ0v) is 14.6. The van der Waals surface area contributed by atoms with Crippen molar-refractivity contribution in [3.05, 3.63) is 28.9 Å². The molecule has 0 saturated heterocycles. The molecule has 0 atom stereocenters. The molecule has 7 nitrogen and oxygen atoms in total. The average Bonchev–Trinajstić information content (AvgIpc) is 2.44. The number of ether oxygens (including phenoxy) is 2. The molecule has 0 bridgehead atoms. The maximum atomic E-state index is 11.8. The first-order chi connectivity index (χ1) is 11.2. The number of pyridine rings is 2. The minimum atomic E-state index is -0.622. The average molecular weight is 352 g/mol. The van der Waals surface area contributed by atoms with Crippen LogP contribution in [0.1, 0.15) is 38.1 Å². The molecule has 2 rings (SSSR count). The van der Waals surface area contributed by atoms with Crippen LogP contribution in [0.15, 0.2) is 18.2 Å². The lowest BCUT2D eigenvalue weighted by Crippen LogP contribution is -2.27. The summed E-state index contributed by atoms with van der Waals surface area (Å²) in [6.07, 6.45) is -0.622. The van der Waals surface area contributed by atoms with Crippen molar-refractivity contribution in [2.75, 3.05) is 11.9 Å². The van der Waals surface area contributed by atoms with Crippen LogP contribution in [0, 0.1) is 0 Å². The number of carbonyl (C=O) groups is 2. The molecule has 0 fully saturated rings. The van der Waals surface area contributed by atoms with Crippen molar-refractivity contribution in [1.82, 2.24) is 9.97 Å². The number of amides is 1. The van der Waals surface area contributed by atoms with E-state index in [0.717, 1.165) is 0 Å². The largest absolute Gasteiger partial charge is 0.462 e. The fourth-order valence-corrected chi connectivity index (χ4v) is 2.07. The van der Waals surface area contributed by atoms with Crippen molar-refractivity contribution in [3.63, 3.8) is 0 Å². The number of esters is 1. The van der Waals surface area contributed by atoms with Crippen LogP contribution in [0.3, 0.4) is 0 Å². The van der Waals surface area contributed by atoms with Crippen molar-refractivity contribution in [3.8, 4) is 0 Å². The Balaban J connectivity index is 2.27. The van der Waals surface area contributed by atoms with E-state index in [2.05, 4.69) is 15.3 Å². The number of hydrogen-bond donors (Lipinski definition) is 1. The Hall–Kier alpha value is -2.41. The number of halogens is 1. The van der Waals surface area contributed by atoms with Crippen LogP contribution < -0.4 is 5.32 Å². The molecule has 24 heavy (non-hydrogen) atoms. The van der Waals surface area contributed by atoms with E-state index in [-0.39, 0.29) is 23.1 Å². The summed E-state index contributed by atoms with van der Waals surface area (Å²) in [6, 6.07) is 4.80. The smallest absolute Gasteiger partial charge is 0.413 e. The molecule has 2 aromatic rings. The zero-order chi connectivity index (χ0) is 17.9. The fraction of sp³-hybridized carbons (Fsp3) is 0.375. The van der Waals surface area contributed by atoms with Crippen molar-refractivity contribution >= 4 is 40.5 Å². The third-order valence-electron chi connectivity index (χ3n) is 2.76. The summed E-state index contributed by atoms with van der Waals surface area (Å²) in [6.45, 7) is 7.23. The van der Waals surface area contributed by atoms with Gasteiger partial charge in [0.25, 0.3) is 0 Å². The van der Waals surface area contributed by atoms with Crippen LogP contribution in [0.4, 0.5) is 10.6 Å². The number of nitrogens with one attached hydrogen (secondary N) is 1. The van der Waals surface area contributed by atoms with Gasteiger partial charge in [0.2, 0.25) is 0 Å². The standard InChI is InChI=1S/C16H18ClN3O4/c1-5-23-14(21)10-8-9-6-7-11(18-13(9)20-12(10)17)19-15(22)24-16(2,3)4/h6-8H,5H2,1-4H3,(H,18,19,20,22). The number of anilines is 1. The van der Waals surface area contributed by atoms with Gasteiger partial charge >= 0.3 is 12.1 Å². The summed E-state index contributed by atoms with van der Waals surface area (Å²) in [5.74, 6) is -0.281. The molecule has 2 heterocycles. The molecule has 0 aromatic carbocycles. The molecular weight excluding hydrogens is 334 g/mol. The Bertz CT molecular complexity index is 787. The van der Waals surface area contributed by atoms with E-state index in [1.54, 1.807) is 45.9 Å². The number of aromatic nitrogens is 2. The van der Waals surface area contributed by atoms with Crippen molar-refractivity contribution in [1.29, 1.82) is 0 Å². The van der Waals surface area contributed by atoms with Gasteiger partial charge in [-0.05, 0) is 45.9 Å².